The number of carbonyl (C=O) groups is 2. The van der Waals surface area contributed by atoms with Crippen molar-refractivity contribution in [1.82, 2.24) is 20.7 Å². The molecule has 0 radical (unpaired) electrons. The summed E-state index contributed by atoms with van der Waals surface area (Å²) in [6.07, 6.45) is -1.38. The molecule has 0 unspecified atom stereocenters. The minimum Gasteiger partial charge on any atom is -0.493 e. The first-order valence-electron chi connectivity index (χ1n) is 9.15. The number of amides is 4. The molecule has 0 saturated carbocycles. The number of nitrogens with one attached hydrogen (secondary N) is 2. The molecule has 2 aliphatic heterocycles. The molecule has 0 aromatic heterocycles. The standard InChI is InChI=1S/C20H22N4O6/c1-27-13-7-5-11(9-15(13)29-3)17-21-19(25)24-18(22-20(26)23(17)24)12-6-8-14(28-2)16(10-12)30-4/h5-10,17-18H,1-4H3,(H,21,25)(H,22,26)/t17-,18+. The molecule has 0 spiro atoms. The number of hydrazine groups is 1. The van der Waals surface area contributed by atoms with Crippen LogP contribution in [0.5, 0.6) is 23.0 Å². The molecule has 2 fully saturated rings. The van der Waals surface area contributed by atoms with Crippen molar-refractivity contribution in [2.24, 2.45) is 0 Å². The minimum atomic E-state index is -0.692. The molecule has 10 heteroatoms. The van der Waals surface area contributed by atoms with E-state index in [-0.39, 0.29) is 0 Å². The van der Waals surface area contributed by atoms with E-state index in [1.165, 1.54) is 38.5 Å². The normalized spacial score (nSPS) is 19.9. The van der Waals surface area contributed by atoms with Crippen LogP contribution in [0.2, 0.25) is 0 Å². The van der Waals surface area contributed by atoms with E-state index in [0.717, 1.165) is 0 Å². The van der Waals surface area contributed by atoms with Gasteiger partial charge in [-0.25, -0.2) is 19.6 Å². The van der Waals surface area contributed by atoms with Crippen molar-refractivity contribution in [2.75, 3.05) is 28.4 Å². The molecular weight excluding hydrogens is 392 g/mol. The summed E-state index contributed by atoms with van der Waals surface area (Å²) in [6.45, 7) is 0. The number of hydrogen-bond donors (Lipinski definition) is 2. The maximum absolute atomic E-state index is 12.8. The first-order chi connectivity index (χ1) is 14.5. The molecule has 2 aromatic carbocycles. The molecule has 2 heterocycles. The van der Waals surface area contributed by atoms with Crippen molar-refractivity contribution in [3.8, 4) is 23.0 Å². The lowest BCUT2D eigenvalue weighted by Gasteiger charge is -2.25. The van der Waals surface area contributed by atoms with Crippen LogP contribution in [0.25, 0.3) is 0 Å². The fourth-order valence-electron chi connectivity index (χ4n) is 3.66. The van der Waals surface area contributed by atoms with Gasteiger partial charge in [-0.1, -0.05) is 12.1 Å². The van der Waals surface area contributed by atoms with E-state index < -0.39 is 24.4 Å². The third kappa shape index (κ3) is 2.97. The van der Waals surface area contributed by atoms with Crippen LogP contribution < -0.4 is 29.6 Å². The molecular formula is C20H22N4O6. The zero-order chi connectivity index (χ0) is 21.4. The van der Waals surface area contributed by atoms with Gasteiger partial charge in [0.25, 0.3) is 0 Å². The Morgan fingerprint density at radius 1 is 0.633 bits per heavy atom. The van der Waals surface area contributed by atoms with E-state index in [2.05, 4.69) is 10.6 Å². The van der Waals surface area contributed by atoms with Gasteiger partial charge in [-0.15, -0.1) is 0 Å². The van der Waals surface area contributed by atoms with Crippen LogP contribution in [-0.2, 0) is 0 Å². The molecule has 4 amide bonds. The molecule has 0 aliphatic carbocycles. The van der Waals surface area contributed by atoms with Gasteiger partial charge in [-0.05, 0) is 24.3 Å². The van der Waals surface area contributed by atoms with Crippen molar-refractivity contribution < 1.29 is 28.5 Å². The molecule has 2 N–H and O–H groups in total. The zero-order valence-corrected chi connectivity index (χ0v) is 17.0. The van der Waals surface area contributed by atoms with Crippen molar-refractivity contribution in [3.05, 3.63) is 47.5 Å². The quantitative estimate of drug-likeness (QED) is 0.753. The second kappa shape index (κ2) is 7.54. The minimum absolute atomic E-state index is 0.409. The van der Waals surface area contributed by atoms with Gasteiger partial charge in [0.15, 0.2) is 35.3 Å². The fourth-order valence-corrected chi connectivity index (χ4v) is 3.66. The number of hydrogen-bond acceptors (Lipinski definition) is 6. The van der Waals surface area contributed by atoms with Crippen molar-refractivity contribution in [3.63, 3.8) is 0 Å². The van der Waals surface area contributed by atoms with Gasteiger partial charge >= 0.3 is 12.1 Å². The highest BCUT2D eigenvalue weighted by Crippen LogP contribution is 2.40. The van der Waals surface area contributed by atoms with Crippen LogP contribution in [-0.4, -0.2) is 50.5 Å². The highest BCUT2D eigenvalue weighted by Gasteiger charge is 2.51. The highest BCUT2D eigenvalue weighted by molar-refractivity contribution is 5.88. The summed E-state index contributed by atoms with van der Waals surface area (Å²) in [5.41, 5.74) is 1.35. The van der Waals surface area contributed by atoms with Gasteiger partial charge < -0.3 is 29.6 Å². The number of benzene rings is 2. The van der Waals surface area contributed by atoms with E-state index in [9.17, 15) is 9.59 Å². The molecule has 10 nitrogen and oxygen atoms in total. The molecule has 4 rings (SSSR count). The van der Waals surface area contributed by atoms with Crippen LogP contribution >= 0.6 is 0 Å². The predicted octanol–water partition coefficient (Wildman–Crippen LogP) is 2.38. The Bertz CT molecular complexity index is 918. The molecule has 2 aromatic rings. The lowest BCUT2D eigenvalue weighted by atomic mass is 10.1. The number of methoxy groups -OCH3 is 4. The fraction of sp³-hybridized carbons (Fsp3) is 0.300. The summed E-state index contributed by atoms with van der Waals surface area (Å²) in [4.78, 5) is 25.6. The maximum Gasteiger partial charge on any atom is 0.340 e. The van der Waals surface area contributed by atoms with E-state index >= 15 is 0 Å². The number of nitrogens with zero attached hydrogens (tertiary/aromatic N) is 2. The summed E-state index contributed by atoms with van der Waals surface area (Å²) in [5.74, 6) is 2.10. The Kier molecular flexibility index (Phi) is 4.90. The van der Waals surface area contributed by atoms with Crippen LogP contribution in [0.1, 0.15) is 23.5 Å². The average molecular weight is 414 g/mol. The van der Waals surface area contributed by atoms with E-state index in [1.54, 1.807) is 36.4 Å². The molecule has 2 saturated heterocycles. The Morgan fingerprint density at radius 2 is 1.00 bits per heavy atom. The Morgan fingerprint density at radius 3 is 1.33 bits per heavy atom. The van der Waals surface area contributed by atoms with Crippen LogP contribution in [0.15, 0.2) is 36.4 Å². The SMILES string of the molecule is COc1ccc([C@H]2NC(=O)N3[C@H](c4ccc(OC)c(OC)c4)NC(=O)N23)cc1OC. The molecule has 2 atom stereocenters. The number of rotatable bonds is 6. The number of urea groups is 2. The summed E-state index contributed by atoms with van der Waals surface area (Å²) < 4.78 is 21.2. The number of fused-ring (bicyclic) bond motifs is 1. The third-order valence-electron chi connectivity index (χ3n) is 5.10. The summed E-state index contributed by atoms with van der Waals surface area (Å²) in [5, 5.41) is 8.39. The Hall–Kier alpha value is -3.82. The van der Waals surface area contributed by atoms with Crippen LogP contribution in [0.4, 0.5) is 9.59 Å². The van der Waals surface area contributed by atoms with Crippen LogP contribution in [0, 0.1) is 0 Å². The van der Waals surface area contributed by atoms with Gasteiger partial charge in [0.2, 0.25) is 0 Å². The number of ether oxygens (including phenoxy) is 4. The van der Waals surface area contributed by atoms with E-state index in [0.29, 0.717) is 34.1 Å². The van der Waals surface area contributed by atoms with Gasteiger partial charge in [0.1, 0.15) is 0 Å². The zero-order valence-electron chi connectivity index (χ0n) is 17.0. The lowest BCUT2D eigenvalue weighted by Crippen LogP contribution is -2.36. The van der Waals surface area contributed by atoms with Gasteiger partial charge in [-0.3, -0.25) is 0 Å². The van der Waals surface area contributed by atoms with E-state index in [1.807, 2.05) is 0 Å². The first kappa shape index (κ1) is 19.5. The van der Waals surface area contributed by atoms with Gasteiger partial charge in [0, 0.05) is 11.1 Å². The van der Waals surface area contributed by atoms with Crippen molar-refractivity contribution >= 4 is 12.1 Å². The summed E-state index contributed by atoms with van der Waals surface area (Å²) in [7, 11) is 6.13. The Labute approximate surface area is 173 Å². The van der Waals surface area contributed by atoms with Crippen LogP contribution in [0.3, 0.4) is 0 Å². The van der Waals surface area contributed by atoms with Crippen molar-refractivity contribution in [1.29, 1.82) is 0 Å². The number of carbonyl (C=O) groups excluding carboxylic acids is 2. The molecule has 2 aliphatic rings. The molecule has 30 heavy (non-hydrogen) atoms. The topological polar surface area (TPSA) is 102 Å². The van der Waals surface area contributed by atoms with Gasteiger partial charge in [0.05, 0.1) is 28.4 Å². The summed E-state index contributed by atoms with van der Waals surface area (Å²) >= 11 is 0. The maximum atomic E-state index is 12.8. The van der Waals surface area contributed by atoms with Crippen molar-refractivity contribution in [2.45, 2.75) is 12.3 Å². The predicted molar refractivity (Wildman–Crippen MR) is 105 cm³/mol. The third-order valence-corrected chi connectivity index (χ3v) is 5.10. The second-order valence-corrected chi connectivity index (χ2v) is 6.62. The van der Waals surface area contributed by atoms with Gasteiger partial charge in [-0.2, -0.15) is 0 Å². The highest BCUT2D eigenvalue weighted by atomic mass is 16.5. The molecule has 0 bridgehead atoms. The Balaban J connectivity index is 1.68. The molecule has 158 valence electrons. The summed E-state index contributed by atoms with van der Waals surface area (Å²) in [6, 6.07) is 9.63. The van der Waals surface area contributed by atoms with E-state index in [4.69, 9.17) is 18.9 Å². The lowest BCUT2D eigenvalue weighted by molar-refractivity contribution is 0.0670. The largest absolute Gasteiger partial charge is 0.493 e. The smallest absolute Gasteiger partial charge is 0.340 e. The first-order valence-corrected chi connectivity index (χ1v) is 9.15. The average Bonchev–Trinajstić information content (AvgIpc) is 3.30. The second-order valence-electron chi connectivity index (χ2n) is 6.62. The monoisotopic (exact) mass is 414 g/mol.